The highest BCUT2D eigenvalue weighted by Gasteiger charge is 2.09. The van der Waals surface area contributed by atoms with E-state index in [0.29, 0.717) is 17.7 Å². The molecule has 0 spiro atoms. The molecule has 1 unspecified atom stereocenters. The van der Waals surface area contributed by atoms with Crippen molar-refractivity contribution in [2.24, 2.45) is 0 Å². The molecular weight excluding hydrogens is 239 g/mol. The maximum Gasteiger partial charge on any atom is 0.127 e. The van der Waals surface area contributed by atoms with Crippen molar-refractivity contribution >= 4 is 0 Å². The van der Waals surface area contributed by atoms with Gasteiger partial charge in [-0.3, -0.25) is 0 Å². The van der Waals surface area contributed by atoms with Gasteiger partial charge in [-0.2, -0.15) is 5.26 Å². The van der Waals surface area contributed by atoms with Gasteiger partial charge in [0.25, 0.3) is 0 Å². The first-order valence-corrected chi connectivity index (χ1v) is 6.17. The van der Waals surface area contributed by atoms with Crippen molar-refractivity contribution in [3.8, 4) is 6.07 Å². The fraction of sp³-hybridized carbons (Fsp3) is 0.188. The summed E-state index contributed by atoms with van der Waals surface area (Å²) in [5, 5.41) is 12.0. The minimum atomic E-state index is -0.192. The van der Waals surface area contributed by atoms with Gasteiger partial charge in [-0.15, -0.1) is 0 Å². The summed E-state index contributed by atoms with van der Waals surface area (Å²) in [5.74, 6) is -0.192. The fourth-order valence-corrected chi connectivity index (χ4v) is 1.90. The Hall–Kier alpha value is -2.18. The van der Waals surface area contributed by atoms with E-state index in [1.165, 1.54) is 6.07 Å². The summed E-state index contributed by atoms with van der Waals surface area (Å²) >= 11 is 0. The average molecular weight is 254 g/mol. The number of nitriles is 1. The van der Waals surface area contributed by atoms with Crippen molar-refractivity contribution in [3.05, 3.63) is 71.0 Å². The van der Waals surface area contributed by atoms with Gasteiger partial charge in [0.2, 0.25) is 0 Å². The first-order chi connectivity index (χ1) is 9.20. The molecule has 2 aromatic rings. The molecule has 0 aliphatic rings. The summed E-state index contributed by atoms with van der Waals surface area (Å²) in [6.45, 7) is 2.57. The molecule has 0 aliphatic heterocycles. The van der Waals surface area contributed by atoms with Crippen LogP contribution in [0, 0.1) is 17.1 Å². The molecule has 3 heteroatoms. The Morgan fingerprint density at radius 3 is 2.47 bits per heavy atom. The van der Waals surface area contributed by atoms with Crippen LogP contribution in [0.25, 0.3) is 0 Å². The lowest BCUT2D eigenvalue weighted by Gasteiger charge is -2.15. The molecule has 0 saturated heterocycles. The van der Waals surface area contributed by atoms with Crippen LogP contribution in [0.2, 0.25) is 0 Å². The second kappa shape index (κ2) is 6.12. The van der Waals surface area contributed by atoms with Gasteiger partial charge in [0, 0.05) is 18.2 Å². The summed E-state index contributed by atoms with van der Waals surface area (Å²) in [6.07, 6.45) is 0. The monoisotopic (exact) mass is 254 g/mol. The SMILES string of the molecule is CC(NCc1ccc(C#N)cc1)c1ccccc1F. The first kappa shape index (κ1) is 13.3. The standard InChI is InChI=1S/C16H15FN2/c1-12(15-4-2-3-5-16(15)17)19-11-14-8-6-13(10-18)7-9-14/h2-9,12,19H,11H2,1H3. The first-order valence-electron chi connectivity index (χ1n) is 6.17. The number of hydrogen-bond donors (Lipinski definition) is 1. The summed E-state index contributed by atoms with van der Waals surface area (Å²) in [7, 11) is 0. The van der Waals surface area contributed by atoms with Crippen molar-refractivity contribution in [3.63, 3.8) is 0 Å². The van der Waals surface area contributed by atoms with E-state index in [0.717, 1.165) is 5.56 Å². The van der Waals surface area contributed by atoms with E-state index in [9.17, 15) is 4.39 Å². The van der Waals surface area contributed by atoms with E-state index >= 15 is 0 Å². The van der Waals surface area contributed by atoms with E-state index in [1.807, 2.05) is 25.1 Å². The van der Waals surface area contributed by atoms with Gasteiger partial charge in [0.15, 0.2) is 0 Å². The molecule has 0 radical (unpaired) electrons. The molecule has 0 heterocycles. The third-order valence-electron chi connectivity index (χ3n) is 3.07. The number of rotatable bonds is 4. The average Bonchev–Trinajstić information content (AvgIpc) is 2.46. The summed E-state index contributed by atoms with van der Waals surface area (Å²) < 4.78 is 13.6. The number of nitrogens with one attached hydrogen (secondary N) is 1. The highest BCUT2D eigenvalue weighted by Crippen LogP contribution is 2.16. The van der Waals surface area contributed by atoms with Gasteiger partial charge < -0.3 is 5.32 Å². The fourth-order valence-electron chi connectivity index (χ4n) is 1.90. The molecule has 0 amide bonds. The third kappa shape index (κ3) is 3.40. The normalized spacial score (nSPS) is 11.8. The van der Waals surface area contributed by atoms with Crippen LogP contribution < -0.4 is 5.32 Å². The largest absolute Gasteiger partial charge is 0.306 e. The van der Waals surface area contributed by atoms with Crippen molar-refractivity contribution < 1.29 is 4.39 Å². The molecule has 0 saturated carbocycles. The Morgan fingerprint density at radius 2 is 1.84 bits per heavy atom. The lowest BCUT2D eigenvalue weighted by atomic mass is 10.1. The minimum absolute atomic E-state index is 0.0585. The van der Waals surface area contributed by atoms with Crippen LogP contribution in [0.1, 0.15) is 29.7 Å². The van der Waals surface area contributed by atoms with Crippen molar-refractivity contribution in [2.45, 2.75) is 19.5 Å². The molecule has 0 aromatic heterocycles. The van der Waals surface area contributed by atoms with Crippen molar-refractivity contribution in [1.29, 1.82) is 5.26 Å². The minimum Gasteiger partial charge on any atom is -0.306 e. The van der Waals surface area contributed by atoms with Gasteiger partial charge in [-0.25, -0.2) is 4.39 Å². The van der Waals surface area contributed by atoms with Gasteiger partial charge in [0.05, 0.1) is 11.6 Å². The number of halogens is 1. The van der Waals surface area contributed by atoms with Gasteiger partial charge in [-0.05, 0) is 30.7 Å². The third-order valence-corrected chi connectivity index (χ3v) is 3.07. The zero-order valence-corrected chi connectivity index (χ0v) is 10.7. The van der Waals surface area contributed by atoms with E-state index in [2.05, 4.69) is 11.4 Å². The molecule has 0 fully saturated rings. The smallest absolute Gasteiger partial charge is 0.127 e. The predicted octanol–water partition coefficient (Wildman–Crippen LogP) is 3.55. The van der Waals surface area contributed by atoms with Crippen molar-refractivity contribution in [1.82, 2.24) is 5.32 Å². The van der Waals surface area contributed by atoms with E-state index in [4.69, 9.17) is 5.26 Å². The van der Waals surface area contributed by atoms with Crippen molar-refractivity contribution in [2.75, 3.05) is 0 Å². The number of hydrogen-bond acceptors (Lipinski definition) is 2. The Bertz CT molecular complexity index is 584. The van der Waals surface area contributed by atoms with Crippen LogP contribution in [-0.4, -0.2) is 0 Å². The zero-order chi connectivity index (χ0) is 13.7. The van der Waals surface area contributed by atoms with Crippen LogP contribution in [0.4, 0.5) is 4.39 Å². The van der Waals surface area contributed by atoms with Crippen LogP contribution >= 0.6 is 0 Å². The summed E-state index contributed by atoms with van der Waals surface area (Å²) in [5.41, 5.74) is 2.38. The molecule has 2 rings (SSSR count). The van der Waals surface area contributed by atoms with E-state index in [1.54, 1.807) is 24.3 Å². The zero-order valence-electron chi connectivity index (χ0n) is 10.7. The molecule has 0 aliphatic carbocycles. The summed E-state index contributed by atoms with van der Waals surface area (Å²) in [4.78, 5) is 0. The second-order valence-electron chi connectivity index (χ2n) is 4.43. The molecule has 0 bridgehead atoms. The maximum absolute atomic E-state index is 13.6. The predicted molar refractivity (Wildman–Crippen MR) is 72.8 cm³/mol. The lowest BCUT2D eigenvalue weighted by Crippen LogP contribution is -2.19. The Kier molecular flexibility index (Phi) is 4.27. The van der Waals surface area contributed by atoms with Crippen LogP contribution in [0.3, 0.4) is 0 Å². The van der Waals surface area contributed by atoms with Crippen LogP contribution in [0.5, 0.6) is 0 Å². The molecule has 96 valence electrons. The molecular formula is C16H15FN2. The molecule has 19 heavy (non-hydrogen) atoms. The molecule has 2 aromatic carbocycles. The lowest BCUT2D eigenvalue weighted by molar-refractivity contribution is 0.528. The number of benzene rings is 2. The highest BCUT2D eigenvalue weighted by atomic mass is 19.1. The van der Waals surface area contributed by atoms with Crippen LogP contribution in [0.15, 0.2) is 48.5 Å². The molecule has 2 nitrogen and oxygen atoms in total. The Balaban J connectivity index is 1.98. The Morgan fingerprint density at radius 1 is 1.16 bits per heavy atom. The van der Waals surface area contributed by atoms with Gasteiger partial charge in [-0.1, -0.05) is 30.3 Å². The maximum atomic E-state index is 13.6. The van der Waals surface area contributed by atoms with Gasteiger partial charge in [0.1, 0.15) is 5.82 Å². The topological polar surface area (TPSA) is 35.8 Å². The summed E-state index contributed by atoms with van der Waals surface area (Å²) in [6, 6.07) is 16.2. The quantitative estimate of drug-likeness (QED) is 0.905. The van der Waals surface area contributed by atoms with E-state index in [-0.39, 0.29) is 11.9 Å². The molecule has 1 N–H and O–H groups in total. The van der Waals surface area contributed by atoms with E-state index < -0.39 is 0 Å². The van der Waals surface area contributed by atoms with Crippen LogP contribution in [-0.2, 0) is 6.54 Å². The second-order valence-corrected chi connectivity index (χ2v) is 4.43. The molecule has 1 atom stereocenters. The Labute approximate surface area is 112 Å². The number of nitrogens with zero attached hydrogens (tertiary/aromatic N) is 1. The highest BCUT2D eigenvalue weighted by molar-refractivity contribution is 5.31. The van der Waals surface area contributed by atoms with Gasteiger partial charge >= 0.3 is 0 Å².